The molecule has 8 nitrogen and oxygen atoms in total. The molecule has 0 atom stereocenters. The van der Waals surface area contributed by atoms with Crippen LogP contribution in [0.4, 0.5) is 18.9 Å². The highest BCUT2D eigenvalue weighted by atomic mass is 35.5. The van der Waals surface area contributed by atoms with E-state index in [4.69, 9.17) is 25.8 Å². The number of alkyl halides is 3. The highest BCUT2D eigenvalue weighted by Gasteiger charge is 2.31. The monoisotopic (exact) mass is 475 g/mol. The molecule has 0 fully saturated rings. The molecule has 2 aromatic carbocycles. The standard InChI is InChI=1S/C20H17ClF3NO7/c1-2-3-8-30-18(26)11-31-19(27)14-10-13(5-6-16(14)25(28)29)32-17-7-4-12(9-15(17)21)20(22,23)24/h4-7,9-10H,2-3,8,11H2,1H3. The second-order valence-electron chi connectivity index (χ2n) is 6.33. The molecule has 32 heavy (non-hydrogen) atoms. The predicted molar refractivity (Wildman–Crippen MR) is 106 cm³/mol. The number of hydrogen-bond donors (Lipinski definition) is 0. The molecule has 172 valence electrons. The molecule has 0 aliphatic rings. The fourth-order valence-electron chi connectivity index (χ4n) is 2.36. The smallest absolute Gasteiger partial charge is 0.416 e. The molecule has 0 saturated carbocycles. The summed E-state index contributed by atoms with van der Waals surface area (Å²) in [6.45, 7) is 1.28. The van der Waals surface area contributed by atoms with Crippen LogP contribution < -0.4 is 4.74 Å². The highest BCUT2D eigenvalue weighted by molar-refractivity contribution is 6.32. The van der Waals surface area contributed by atoms with Crippen LogP contribution in [-0.4, -0.2) is 30.1 Å². The van der Waals surface area contributed by atoms with Crippen LogP contribution in [-0.2, 0) is 20.4 Å². The van der Waals surface area contributed by atoms with Gasteiger partial charge in [-0.25, -0.2) is 9.59 Å². The minimum atomic E-state index is -4.61. The Morgan fingerprint density at radius 2 is 1.84 bits per heavy atom. The van der Waals surface area contributed by atoms with E-state index in [0.717, 1.165) is 36.8 Å². The molecule has 0 bridgehead atoms. The Balaban J connectivity index is 2.20. The van der Waals surface area contributed by atoms with E-state index in [0.29, 0.717) is 12.5 Å². The number of carbonyl (C=O) groups excluding carboxylic acids is 2. The van der Waals surface area contributed by atoms with Gasteiger partial charge in [0.25, 0.3) is 5.69 Å². The van der Waals surface area contributed by atoms with Crippen LogP contribution in [0.5, 0.6) is 11.5 Å². The number of halogens is 4. The Kier molecular flexibility index (Phi) is 8.41. The summed E-state index contributed by atoms with van der Waals surface area (Å²) in [5.74, 6) is -2.31. The van der Waals surface area contributed by atoms with Crippen molar-refractivity contribution in [2.75, 3.05) is 13.2 Å². The van der Waals surface area contributed by atoms with Crippen molar-refractivity contribution in [3.05, 3.63) is 62.7 Å². The number of hydrogen-bond acceptors (Lipinski definition) is 7. The maximum absolute atomic E-state index is 12.8. The van der Waals surface area contributed by atoms with E-state index in [2.05, 4.69) is 0 Å². The van der Waals surface area contributed by atoms with Gasteiger partial charge in [0.2, 0.25) is 0 Å². The Labute approximate surface area is 185 Å². The summed E-state index contributed by atoms with van der Waals surface area (Å²) in [6, 6.07) is 5.40. The topological polar surface area (TPSA) is 105 Å². The van der Waals surface area contributed by atoms with E-state index in [1.54, 1.807) is 0 Å². The minimum absolute atomic E-state index is 0.130. The number of esters is 2. The second kappa shape index (κ2) is 10.8. The van der Waals surface area contributed by atoms with E-state index in [1.807, 2.05) is 6.92 Å². The van der Waals surface area contributed by atoms with Gasteiger partial charge in [-0.05, 0) is 30.7 Å². The SMILES string of the molecule is CCCCOC(=O)COC(=O)c1cc(Oc2ccc(C(F)(F)F)cc2Cl)ccc1[N+](=O)[O-]. The van der Waals surface area contributed by atoms with Crippen LogP contribution in [0.1, 0.15) is 35.7 Å². The molecular formula is C20H17ClF3NO7. The first-order valence-electron chi connectivity index (χ1n) is 9.18. The first-order valence-corrected chi connectivity index (χ1v) is 9.56. The van der Waals surface area contributed by atoms with E-state index in [-0.39, 0.29) is 23.1 Å². The number of benzene rings is 2. The van der Waals surface area contributed by atoms with E-state index >= 15 is 0 Å². The molecule has 2 aromatic rings. The third-order valence-electron chi connectivity index (χ3n) is 3.95. The summed E-state index contributed by atoms with van der Waals surface area (Å²) in [5.41, 5.74) is -2.15. The van der Waals surface area contributed by atoms with Gasteiger partial charge in [0, 0.05) is 12.1 Å². The fraction of sp³-hybridized carbons (Fsp3) is 0.300. The number of ether oxygens (including phenoxy) is 3. The molecule has 0 amide bonds. The van der Waals surface area contributed by atoms with Crippen molar-refractivity contribution in [3.63, 3.8) is 0 Å². The molecule has 2 rings (SSSR count). The van der Waals surface area contributed by atoms with Crippen LogP contribution in [0.15, 0.2) is 36.4 Å². The summed E-state index contributed by atoms with van der Waals surface area (Å²) in [4.78, 5) is 34.2. The lowest BCUT2D eigenvalue weighted by molar-refractivity contribution is -0.385. The Hall–Kier alpha value is -3.34. The Morgan fingerprint density at radius 1 is 1.12 bits per heavy atom. The summed E-state index contributed by atoms with van der Waals surface area (Å²) < 4.78 is 53.2. The van der Waals surface area contributed by atoms with E-state index in [1.165, 1.54) is 0 Å². The van der Waals surface area contributed by atoms with Crippen LogP contribution >= 0.6 is 11.6 Å². The first-order chi connectivity index (χ1) is 15.0. The lowest BCUT2D eigenvalue weighted by Crippen LogP contribution is -2.17. The number of nitro groups is 1. The predicted octanol–water partition coefficient (Wildman–Crippen LogP) is 5.56. The molecule has 0 aromatic heterocycles. The van der Waals surface area contributed by atoms with Gasteiger partial charge in [-0.15, -0.1) is 0 Å². The van der Waals surface area contributed by atoms with Crippen LogP contribution in [0.3, 0.4) is 0 Å². The zero-order chi connectivity index (χ0) is 23.9. The quantitative estimate of drug-likeness (QED) is 0.202. The molecule has 0 saturated heterocycles. The van der Waals surface area contributed by atoms with Crippen molar-refractivity contribution in [1.82, 2.24) is 0 Å². The average Bonchev–Trinajstić information content (AvgIpc) is 2.72. The molecule has 0 radical (unpaired) electrons. The van der Waals surface area contributed by atoms with Crippen LogP contribution in [0.2, 0.25) is 5.02 Å². The molecular weight excluding hydrogens is 459 g/mol. The Bertz CT molecular complexity index is 1010. The van der Waals surface area contributed by atoms with Crippen LogP contribution in [0.25, 0.3) is 0 Å². The van der Waals surface area contributed by atoms with Gasteiger partial charge in [0.15, 0.2) is 6.61 Å². The number of nitrogens with zero attached hydrogens (tertiary/aromatic N) is 1. The maximum Gasteiger partial charge on any atom is 0.416 e. The van der Waals surface area contributed by atoms with Gasteiger partial charge in [0.05, 0.1) is 22.1 Å². The molecule has 0 aliphatic carbocycles. The molecule has 0 heterocycles. The van der Waals surface area contributed by atoms with Crippen molar-refractivity contribution in [2.45, 2.75) is 25.9 Å². The molecule has 12 heteroatoms. The minimum Gasteiger partial charge on any atom is -0.463 e. The Morgan fingerprint density at radius 3 is 2.44 bits per heavy atom. The molecule has 0 N–H and O–H groups in total. The summed E-state index contributed by atoms with van der Waals surface area (Å²) in [5, 5.41) is 10.9. The van der Waals surface area contributed by atoms with E-state index < -0.39 is 46.5 Å². The van der Waals surface area contributed by atoms with Crippen molar-refractivity contribution in [2.24, 2.45) is 0 Å². The number of carbonyl (C=O) groups is 2. The first kappa shape index (κ1) is 24.9. The normalized spacial score (nSPS) is 11.0. The van der Waals surface area contributed by atoms with Crippen molar-refractivity contribution in [3.8, 4) is 11.5 Å². The highest BCUT2D eigenvalue weighted by Crippen LogP contribution is 2.37. The van der Waals surface area contributed by atoms with Gasteiger partial charge >= 0.3 is 18.1 Å². The van der Waals surface area contributed by atoms with Gasteiger partial charge < -0.3 is 14.2 Å². The molecule has 0 unspecified atom stereocenters. The number of unbranched alkanes of at least 4 members (excludes halogenated alkanes) is 1. The third-order valence-corrected chi connectivity index (χ3v) is 4.25. The fourth-order valence-corrected chi connectivity index (χ4v) is 2.58. The molecule has 0 aliphatic heterocycles. The summed E-state index contributed by atoms with van der Waals surface area (Å²) >= 11 is 5.83. The van der Waals surface area contributed by atoms with Gasteiger partial charge in [-0.3, -0.25) is 10.1 Å². The van der Waals surface area contributed by atoms with Crippen molar-refractivity contribution in [1.29, 1.82) is 0 Å². The number of nitro benzene ring substituents is 1. The van der Waals surface area contributed by atoms with Gasteiger partial charge in [-0.1, -0.05) is 24.9 Å². The summed E-state index contributed by atoms with van der Waals surface area (Å²) in [6.07, 6.45) is -3.20. The van der Waals surface area contributed by atoms with Crippen molar-refractivity contribution < 1.29 is 41.9 Å². The van der Waals surface area contributed by atoms with E-state index in [9.17, 15) is 32.9 Å². The van der Waals surface area contributed by atoms with Crippen molar-refractivity contribution >= 4 is 29.2 Å². The molecule has 0 spiro atoms. The maximum atomic E-state index is 12.8. The lowest BCUT2D eigenvalue weighted by Gasteiger charge is -2.12. The number of rotatable bonds is 9. The van der Waals surface area contributed by atoms with Gasteiger partial charge in [-0.2, -0.15) is 13.2 Å². The summed E-state index contributed by atoms with van der Waals surface area (Å²) in [7, 11) is 0. The third kappa shape index (κ3) is 6.84. The van der Waals surface area contributed by atoms with Gasteiger partial charge in [0.1, 0.15) is 17.1 Å². The second-order valence-corrected chi connectivity index (χ2v) is 6.74. The lowest BCUT2D eigenvalue weighted by atomic mass is 10.1. The van der Waals surface area contributed by atoms with Crippen LogP contribution in [0, 0.1) is 10.1 Å². The zero-order valence-electron chi connectivity index (χ0n) is 16.6. The average molecular weight is 476 g/mol. The zero-order valence-corrected chi connectivity index (χ0v) is 17.4. The largest absolute Gasteiger partial charge is 0.463 e.